The van der Waals surface area contributed by atoms with Crippen molar-refractivity contribution in [3.05, 3.63) is 100 Å². The summed E-state index contributed by atoms with van der Waals surface area (Å²) in [5.74, 6) is 1.72. The Hall–Kier alpha value is -3.93. The van der Waals surface area contributed by atoms with Gasteiger partial charge in [0, 0.05) is 17.2 Å². The van der Waals surface area contributed by atoms with Gasteiger partial charge in [-0.25, -0.2) is 4.98 Å². The van der Waals surface area contributed by atoms with E-state index < -0.39 is 0 Å². The van der Waals surface area contributed by atoms with E-state index in [-0.39, 0.29) is 11.5 Å². The molecule has 32 heavy (non-hydrogen) atoms. The summed E-state index contributed by atoms with van der Waals surface area (Å²) in [4.78, 5) is 30.9. The van der Waals surface area contributed by atoms with E-state index in [9.17, 15) is 9.59 Å². The average Bonchev–Trinajstić information content (AvgIpc) is 3.67. The van der Waals surface area contributed by atoms with E-state index in [0.717, 1.165) is 30.0 Å². The van der Waals surface area contributed by atoms with Crippen LogP contribution in [-0.4, -0.2) is 22.6 Å². The number of nitrogens with one attached hydrogen (secondary N) is 1. The van der Waals surface area contributed by atoms with Crippen LogP contribution in [0.1, 0.15) is 40.5 Å². The van der Waals surface area contributed by atoms with Crippen LogP contribution in [0.15, 0.2) is 77.6 Å². The molecule has 0 saturated heterocycles. The van der Waals surface area contributed by atoms with Crippen molar-refractivity contribution in [1.82, 2.24) is 9.55 Å². The number of nitrogens with zero attached hydrogens (tertiary/aromatic N) is 2. The zero-order valence-electron chi connectivity index (χ0n) is 17.7. The highest BCUT2D eigenvalue weighted by atomic mass is 16.5. The van der Waals surface area contributed by atoms with Gasteiger partial charge in [-0.2, -0.15) is 0 Å². The van der Waals surface area contributed by atoms with E-state index >= 15 is 0 Å². The second-order valence-corrected chi connectivity index (χ2v) is 8.04. The molecule has 0 radical (unpaired) electrons. The van der Waals surface area contributed by atoms with Gasteiger partial charge in [-0.05, 0) is 60.9 Å². The van der Waals surface area contributed by atoms with Gasteiger partial charge in [-0.3, -0.25) is 14.2 Å². The molecule has 6 nitrogen and oxygen atoms in total. The molecule has 160 valence electrons. The number of benzene rings is 3. The third-order valence-corrected chi connectivity index (χ3v) is 5.72. The molecule has 1 aliphatic rings. The van der Waals surface area contributed by atoms with E-state index in [2.05, 4.69) is 5.32 Å². The summed E-state index contributed by atoms with van der Waals surface area (Å²) in [5, 5.41) is 3.37. The fraction of sp³-hybridized carbons (Fsp3) is 0.192. The van der Waals surface area contributed by atoms with Crippen molar-refractivity contribution in [1.29, 1.82) is 0 Å². The van der Waals surface area contributed by atoms with Crippen LogP contribution in [0.2, 0.25) is 0 Å². The number of anilines is 1. The monoisotopic (exact) mass is 425 g/mol. The molecule has 0 unspecified atom stereocenters. The van der Waals surface area contributed by atoms with Gasteiger partial charge in [0.25, 0.3) is 11.5 Å². The Morgan fingerprint density at radius 2 is 1.81 bits per heavy atom. The van der Waals surface area contributed by atoms with Crippen LogP contribution in [0.25, 0.3) is 10.9 Å². The van der Waals surface area contributed by atoms with Gasteiger partial charge in [-0.1, -0.05) is 30.3 Å². The zero-order valence-corrected chi connectivity index (χ0v) is 17.7. The maximum Gasteiger partial charge on any atom is 0.261 e. The molecule has 0 bridgehead atoms. The number of carbonyl (C=O) groups excluding carboxylic acids is 1. The lowest BCUT2D eigenvalue weighted by atomic mass is 10.1. The summed E-state index contributed by atoms with van der Waals surface area (Å²) in [6, 6.07) is 22.0. The summed E-state index contributed by atoms with van der Waals surface area (Å²) < 4.78 is 7.00. The molecule has 0 spiro atoms. The Labute approximate surface area is 185 Å². The molecule has 1 N–H and O–H groups in total. The van der Waals surface area contributed by atoms with Crippen LogP contribution in [0, 0.1) is 0 Å². The van der Waals surface area contributed by atoms with Gasteiger partial charge in [0.2, 0.25) is 0 Å². The van der Waals surface area contributed by atoms with E-state index in [0.29, 0.717) is 34.6 Å². The second kappa shape index (κ2) is 8.30. The van der Waals surface area contributed by atoms with E-state index in [1.807, 2.05) is 42.5 Å². The molecule has 0 aliphatic heterocycles. The van der Waals surface area contributed by atoms with Crippen molar-refractivity contribution in [2.24, 2.45) is 0 Å². The van der Waals surface area contributed by atoms with Gasteiger partial charge in [0.15, 0.2) is 0 Å². The molecular weight excluding hydrogens is 402 g/mol. The molecule has 5 rings (SSSR count). The minimum Gasteiger partial charge on any atom is -0.497 e. The first-order valence-corrected chi connectivity index (χ1v) is 10.7. The van der Waals surface area contributed by atoms with Gasteiger partial charge < -0.3 is 10.1 Å². The van der Waals surface area contributed by atoms with E-state index in [1.54, 1.807) is 42.0 Å². The molecule has 4 aromatic rings. The maximum absolute atomic E-state index is 13.5. The molecule has 1 heterocycles. The number of fused-ring (bicyclic) bond motifs is 1. The largest absolute Gasteiger partial charge is 0.497 e. The SMILES string of the molecule is COc1ccc(Cn2c(C3CC3)nc3ccc(NC(=O)c4ccccc4)cc3c2=O)cc1. The normalized spacial score (nSPS) is 13.2. The summed E-state index contributed by atoms with van der Waals surface area (Å²) >= 11 is 0. The highest BCUT2D eigenvalue weighted by Gasteiger charge is 2.29. The quantitative estimate of drug-likeness (QED) is 0.491. The van der Waals surface area contributed by atoms with Crippen molar-refractivity contribution in [2.75, 3.05) is 12.4 Å². The minimum absolute atomic E-state index is 0.0940. The van der Waals surface area contributed by atoms with Crippen LogP contribution in [0.4, 0.5) is 5.69 Å². The van der Waals surface area contributed by atoms with Crippen molar-refractivity contribution in [2.45, 2.75) is 25.3 Å². The van der Waals surface area contributed by atoms with Gasteiger partial charge in [-0.15, -0.1) is 0 Å². The second-order valence-electron chi connectivity index (χ2n) is 8.04. The highest BCUT2D eigenvalue weighted by molar-refractivity contribution is 6.05. The molecule has 3 aromatic carbocycles. The summed E-state index contributed by atoms with van der Waals surface area (Å²) in [6.07, 6.45) is 2.09. The van der Waals surface area contributed by atoms with Crippen LogP contribution in [0.5, 0.6) is 5.75 Å². The van der Waals surface area contributed by atoms with Gasteiger partial charge in [0.05, 0.1) is 24.6 Å². The van der Waals surface area contributed by atoms with Crippen LogP contribution in [0.3, 0.4) is 0 Å². The topological polar surface area (TPSA) is 73.2 Å². The third-order valence-electron chi connectivity index (χ3n) is 5.72. The van der Waals surface area contributed by atoms with Gasteiger partial charge >= 0.3 is 0 Å². The van der Waals surface area contributed by atoms with Crippen molar-refractivity contribution >= 4 is 22.5 Å². The van der Waals surface area contributed by atoms with Crippen molar-refractivity contribution in [3.63, 3.8) is 0 Å². The van der Waals surface area contributed by atoms with Crippen molar-refractivity contribution in [3.8, 4) is 5.75 Å². The molecule has 1 fully saturated rings. The number of hydrogen-bond acceptors (Lipinski definition) is 4. The molecule has 6 heteroatoms. The Bertz CT molecular complexity index is 1340. The average molecular weight is 425 g/mol. The zero-order chi connectivity index (χ0) is 22.1. The minimum atomic E-state index is -0.217. The number of methoxy groups -OCH3 is 1. The highest BCUT2D eigenvalue weighted by Crippen LogP contribution is 2.39. The first-order chi connectivity index (χ1) is 15.6. The van der Waals surface area contributed by atoms with Crippen molar-refractivity contribution < 1.29 is 9.53 Å². The number of rotatable bonds is 6. The number of ether oxygens (including phenoxy) is 1. The Kier molecular flexibility index (Phi) is 5.19. The fourth-order valence-electron chi connectivity index (χ4n) is 3.83. The lowest BCUT2D eigenvalue weighted by Crippen LogP contribution is -2.26. The van der Waals surface area contributed by atoms with Crippen LogP contribution >= 0.6 is 0 Å². The van der Waals surface area contributed by atoms with Crippen LogP contribution in [-0.2, 0) is 6.54 Å². The number of carbonyl (C=O) groups is 1. The molecule has 1 saturated carbocycles. The lowest BCUT2D eigenvalue weighted by molar-refractivity contribution is 0.102. The number of amides is 1. The predicted molar refractivity (Wildman–Crippen MR) is 124 cm³/mol. The third kappa shape index (κ3) is 3.99. The Morgan fingerprint density at radius 3 is 2.50 bits per heavy atom. The summed E-state index contributed by atoms with van der Waals surface area (Å²) in [6.45, 7) is 0.443. The van der Waals surface area contributed by atoms with E-state index in [1.165, 1.54) is 0 Å². The standard InChI is InChI=1S/C26H23N3O3/c1-32-21-12-7-17(8-13-21)16-29-24(18-9-10-18)28-23-14-11-20(15-22(23)26(29)31)27-25(30)19-5-3-2-4-6-19/h2-8,11-15,18H,9-10,16H2,1H3,(H,27,30). The summed E-state index contributed by atoms with van der Waals surface area (Å²) in [7, 11) is 1.63. The smallest absolute Gasteiger partial charge is 0.261 e. The Morgan fingerprint density at radius 1 is 1.06 bits per heavy atom. The summed E-state index contributed by atoms with van der Waals surface area (Å²) in [5.41, 5.74) is 2.70. The Balaban J connectivity index is 1.52. The molecule has 0 atom stereocenters. The molecular formula is C26H23N3O3. The van der Waals surface area contributed by atoms with E-state index in [4.69, 9.17) is 9.72 Å². The lowest BCUT2D eigenvalue weighted by Gasteiger charge is -2.14. The molecule has 1 amide bonds. The number of aromatic nitrogens is 2. The predicted octanol–water partition coefficient (Wildman–Crippen LogP) is 4.58. The molecule has 1 aromatic heterocycles. The fourth-order valence-corrected chi connectivity index (χ4v) is 3.83. The van der Waals surface area contributed by atoms with Crippen LogP contribution < -0.4 is 15.6 Å². The number of hydrogen-bond donors (Lipinski definition) is 1. The van der Waals surface area contributed by atoms with Gasteiger partial charge in [0.1, 0.15) is 11.6 Å². The molecule has 1 aliphatic carbocycles. The first kappa shape index (κ1) is 20.0. The first-order valence-electron chi connectivity index (χ1n) is 10.7. The maximum atomic E-state index is 13.5.